The SMILES string of the molecule is Cn1c(=O)c2c(ncn2CC(=O)OCC(=O)Nc2ccccc2Br)n(C)c1=O. The van der Waals surface area contributed by atoms with Gasteiger partial charge in [0, 0.05) is 18.6 Å². The molecular weight excluding hydrogens is 434 g/mol. The lowest BCUT2D eigenvalue weighted by molar-refractivity contribution is -0.147. The van der Waals surface area contributed by atoms with Gasteiger partial charge >= 0.3 is 11.7 Å². The molecule has 0 fully saturated rings. The highest BCUT2D eigenvalue weighted by molar-refractivity contribution is 9.10. The summed E-state index contributed by atoms with van der Waals surface area (Å²) < 4.78 is 9.09. The van der Waals surface area contributed by atoms with Crippen LogP contribution in [-0.2, 0) is 35.0 Å². The van der Waals surface area contributed by atoms with Crippen LogP contribution in [0.25, 0.3) is 11.2 Å². The van der Waals surface area contributed by atoms with E-state index in [4.69, 9.17) is 4.74 Å². The average molecular weight is 450 g/mol. The Morgan fingerprint density at radius 1 is 1.18 bits per heavy atom. The Kier molecular flexibility index (Phi) is 5.45. The van der Waals surface area contributed by atoms with E-state index in [0.717, 1.165) is 4.57 Å². The maximum Gasteiger partial charge on any atom is 0.332 e. The van der Waals surface area contributed by atoms with E-state index >= 15 is 0 Å². The predicted octanol–water partition coefficient (Wildman–Crippen LogP) is 0.378. The van der Waals surface area contributed by atoms with Crippen LogP contribution >= 0.6 is 15.9 Å². The van der Waals surface area contributed by atoms with E-state index in [2.05, 4.69) is 26.2 Å². The number of anilines is 1. The van der Waals surface area contributed by atoms with Gasteiger partial charge < -0.3 is 14.6 Å². The van der Waals surface area contributed by atoms with Crippen molar-refractivity contribution in [2.24, 2.45) is 14.1 Å². The van der Waals surface area contributed by atoms with Crippen LogP contribution in [0.15, 0.2) is 44.7 Å². The molecule has 2 aromatic heterocycles. The molecular formula is C17H16BrN5O5. The van der Waals surface area contributed by atoms with E-state index in [0.29, 0.717) is 10.2 Å². The van der Waals surface area contributed by atoms with Gasteiger partial charge in [-0.1, -0.05) is 12.1 Å². The Hall–Kier alpha value is -3.21. The molecule has 0 spiro atoms. The number of esters is 1. The molecule has 0 unspecified atom stereocenters. The van der Waals surface area contributed by atoms with Crippen molar-refractivity contribution in [3.05, 3.63) is 55.9 Å². The van der Waals surface area contributed by atoms with Gasteiger partial charge in [0.25, 0.3) is 11.5 Å². The lowest BCUT2D eigenvalue weighted by Gasteiger charge is -2.09. The van der Waals surface area contributed by atoms with E-state index in [1.165, 1.54) is 29.6 Å². The number of benzene rings is 1. The summed E-state index contributed by atoms with van der Waals surface area (Å²) in [5.74, 6) is -1.23. The lowest BCUT2D eigenvalue weighted by Crippen LogP contribution is -2.37. The summed E-state index contributed by atoms with van der Waals surface area (Å²) in [4.78, 5) is 52.3. The highest BCUT2D eigenvalue weighted by Crippen LogP contribution is 2.20. The minimum absolute atomic E-state index is 0.0965. The number of para-hydroxylation sites is 1. The van der Waals surface area contributed by atoms with Crippen molar-refractivity contribution in [1.29, 1.82) is 0 Å². The quantitative estimate of drug-likeness (QED) is 0.562. The van der Waals surface area contributed by atoms with Crippen molar-refractivity contribution < 1.29 is 14.3 Å². The zero-order chi connectivity index (χ0) is 20.4. The third kappa shape index (κ3) is 3.74. The summed E-state index contributed by atoms with van der Waals surface area (Å²) in [7, 11) is 2.82. The second-order valence-electron chi connectivity index (χ2n) is 5.94. The largest absolute Gasteiger partial charge is 0.454 e. The molecule has 1 N–H and O–H groups in total. The van der Waals surface area contributed by atoms with Crippen LogP contribution in [-0.4, -0.2) is 37.2 Å². The number of rotatable bonds is 5. The number of ether oxygens (including phenoxy) is 1. The Labute approximate surface area is 166 Å². The second kappa shape index (κ2) is 7.80. The van der Waals surface area contributed by atoms with Gasteiger partial charge in [0.05, 0.1) is 12.0 Å². The lowest BCUT2D eigenvalue weighted by atomic mass is 10.3. The van der Waals surface area contributed by atoms with Crippen molar-refractivity contribution in [3.8, 4) is 0 Å². The molecule has 28 heavy (non-hydrogen) atoms. The van der Waals surface area contributed by atoms with Crippen molar-refractivity contribution in [1.82, 2.24) is 18.7 Å². The minimum atomic E-state index is -0.725. The number of hydrogen-bond acceptors (Lipinski definition) is 6. The van der Waals surface area contributed by atoms with Crippen LogP contribution in [0.1, 0.15) is 0 Å². The van der Waals surface area contributed by atoms with Crippen LogP contribution in [0.3, 0.4) is 0 Å². The molecule has 0 aliphatic carbocycles. The summed E-state index contributed by atoms with van der Waals surface area (Å²) in [5.41, 5.74) is -0.288. The normalized spacial score (nSPS) is 10.8. The number of amides is 1. The van der Waals surface area contributed by atoms with Crippen molar-refractivity contribution in [2.45, 2.75) is 6.54 Å². The van der Waals surface area contributed by atoms with Gasteiger partial charge in [0.1, 0.15) is 6.54 Å². The first kappa shape index (κ1) is 19.5. The van der Waals surface area contributed by atoms with Crippen molar-refractivity contribution in [2.75, 3.05) is 11.9 Å². The molecule has 1 amide bonds. The Bertz CT molecular complexity index is 1190. The number of fused-ring (bicyclic) bond motifs is 1. The van der Waals surface area contributed by atoms with E-state index in [-0.39, 0.29) is 17.7 Å². The summed E-state index contributed by atoms with van der Waals surface area (Å²) in [6, 6.07) is 7.01. The Morgan fingerprint density at radius 2 is 1.89 bits per heavy atom. The van der Waals surface area contributed by atoms with E-state index in [1.807, 2.05) is 0 Å². The maximum absolute atomic E-state index is 12.3. The maximum atomic E-state index is 12.3. The average Bonchev–Trinajstić information content (AvgIpc) is 3.08. The molecule has 0 saturated carbocycles. The minimum Gasteiger partial charge on any atom is -0.454 e. The third-order valence-electron chi connectivity index (χ3n) is 4.03. The van der Waals surface area contributed by atoms with Crippen LogP contribution < -0.4 is 16.6 Å². The second-order valence-corrected chi connectivity index (χ2v) is 6.79. The molecule has 3 aromatic rings. The van der Waals surface area contributed by atoms with Gasteiger partial charge in [-0.05, 0) is 28.1 Å². The first-order valence-corrected chi connectivity index (χ1v) is 8.89. The van der Waals surface area contributed by atoms with Gasteiger partial charge in [-0.2, -0.15) is 0 Å². The standard InChI is InChI=1S/C17H16BrN5O5/c1-21-15-14(16(26)22(2)17(21)27)23(9-19-15)7-13(25)28-8-12(24)20-11-6-4-3-5-10(11)18/h3-6,9H,7-8H2,1-2H3,(H,20,24). The molecule has 0 bridgehead atoms. The first-order chi connectivity index (χ1) is 13.3. The van der Waals surface area contributed by atoms with Gasteiger partial charge in [-0.15, -0.1) is 0 Å². The summed E-state index contributed by atoms with van der Waals surface area (Å²) in [5, 5.41) is 2.61. The number of carbonyl (C=O) groups excluding carboxylic acids is 2. The molecule has 0 saturated heterocycles. The molecule has 0 atom stereocenters. The van der Waals surface area contributed by atoms with Crippen molar-refractivity contribution in [3.63, 3.8) is 0 Å². The monoisotopic (exact) mass is 449 g/mol. The number of nitrogens with one attached hydrogen (secondary N) is 1. The Balaban J connectivity index is 1.69. The summed E-state index contributed by atoms with van der Waals surface area (Å²) in [6.45, 7) is -0.810. The topological polar surface area (TPSA) is 117 Å². The number of nitrogens with zero attached hydrogens (tertiary/aromatic N) is 4. The van der Waals surface area contributed by atoms with Gasteiger partial charge in [0.2, 0.25) is 0 Å². The van der Waals surface area contributed by atoms with Gasteiger partial charge in [-0.3, -0.25) is 23.5 Å². The Morgan fingerprint density at radius 3 is 2.61 bits per heavy atom. The predicted molar refractivity (Wildman–Crippen MR) is 104 cm³/mol. The van der Waals surface area contributed by atoms with Gasteiger partial charge in [-0.25, -0.2) is 9.78 Å². The summed E-state index contributed by atoms with van der Waals surface area (Å²) in [6.07, 6.45) is 1.27. The number of hydrogen-bond donors (Lipinski definition) is 1. The molecule has 3 rings (SSSR count). The van der Waals surface area contributed by atoms with E-state index in [1.54, 1.807) is 24.3 Å². The fraction of sp³-hybridized carbons (Fsp3) is 0.235. The summed E-state index contributed by atoms with van der Waals surface area (Å²) >= 11 is 3.30. The van der Waals surface area contributed by atoms with Crippen LogP contribution in [0, 0.1) is 0 Å². The number of aryl methyl sites for hydroxylation is 1. The number of imidazole rings is 1. The number of aromatic nitrogens is 4. The molecule has 2 heterocycles. The van der Waals surface area contributed by atoms with Crippen molar-refractivity contribution >= 4 is 44.7 Å². The number of carbonyl (C=O) groups is 2. The first-order valence-electron chi connectivity index (χ1n) is 8.10. The highest BCUT2D eigenvalue weighted by atomic mass is 79.9. The fourth-order valence-electron chi connectivity index (χ4n) is 2.60. The molecule has 0 radical (unpaired) electrons. The van der Waals surface area contributed by atoms with E-state index in [9.17, 15) is 19.2 Å². The molecule has 0 aliphatic heterocycles. The molecule has 11 heteroatoms. The van der Waals surface area contributed by atoms with Crippen LogP contribution in [0.5, 0.6) is 0 Å². The number of halogens is 1. The fourth-order valence-corrected chi connectivity index (χ4v) is 2.98. The molecule has 146 valence electrons. The third-order valence-corrected chi connectivity index (χ3v) is 4.72. The zero-order valence-corrected chi connectivity index (χ0v) is 16.6. The van der Waals surface area contributed by atoms with Gasteiger partial charge in [0.15, 0.2) is 17.8 Å². The molecule has 10 nitrogen and oxygen atoms in total. The van der Waals surface area contributed by atoms with Crippen LogP contribution in [0.2, 0.25) is 0 Å². The highest BCUT2D eigenvalue weighted by Gasteiger charge is 2.17. The van der Waals surface area contributed by atoms with E-state index < -0.39 is 29.7 Å². The molecule has 1 aromatic carbocycles. The zero-order valence-electron chi connectivity index (χ0n) is 15.0. The van der Waals surface area contributed by atoms with Crippen LogP contribution in [0.4, 0.5) is 5.69 Å². The smallest absolute Gasteiger partial charge is 0.332 e. The molecule has 0 aliphatic rings.